The van der Waals surface area contributed by atoms with E-state index in [9.17, 15) is 0 Å². The van der Waals surface area contributed by atoms with Crippen LogP contribution in [0.2, 0.25) is 0 Å². The number of nitrogens with zero attached hydrogens (tertiary/aromatic N) is 6. The fourth-order valence-electron chi connectivity index (χ4n) is 2.14. The van der Waals surface area contributed by atoms with Gasteiger partial charge in [0.15, 0.2) is 0 Å². The molecule has 3 aromatic heterocycles. The van der Waals surface area contributed by atoms with Crippen LogP contribution in [0.3, 0.4) is 0 Å². The number of hydrogen-bond acceptors (Lipinski definition) is 8. The van der Waals surface area contributed by atoms with Gasteiger partial charge in [0, 0.05) is 42.2 Å². The van der Waals surface area contributed by atoms with Crippen LogP contribution in [0.25, 0.3) is 0 Å². The summed E-state index contributed by atoms with van der Waals surface area (Å²) in [5.41, 5.74) is 9.75. The van der Waals surface area contributed by atoms with Gasteiger partial charge in [0.25, 0.3) is 0 Å². The summed E-state index contributed by atoms with van der Waals surface area (Å²) in [6, 6.07) is 0.428. The molecule has 0 aromatic carbocycles. The molecule has 4 heterocycles. The fraction of sp³-hybridized carbons (Fsp3) is 0.757. The number of allylic oxidation sites excluding steroid dienone is 1. The second kappa shape index (κ2) is 36.6. The number of hydrazine groups is 2. The third-order valence-electron chi connectivity index (χ3n) is 4.14. The van der Waals surface area contributed by atoms with Crippen LogP contribution < -0.4 is 16.4 Å². The third-order valence-corrected chi connectivity index (χ3v) is 4.14. The van der Waals surface area contributed by atoms with Gasteiger partial charge >= 0.3 is 0 Å². The van der Waals surface area contributed by atoms with E-state index in [1.54, 1.807) is 23.5 Å². The highest BCUT2D eigenvalue weighted by atomic mass is 15.6. The molecule has 0 radical (unpaired) electrons. The number of aromatic nitrogens is 8. The van der Waals surface area contributed by atoms with Gasteiger partial charge in [-0.25, -0.2) is 15.0 Å². The minimum Gasteiger partial charge on any atom is -0.348 e. The number of H-pyrrole nitrogens is 2. The van der Waals surface area contributed by atoms with Crippen LogP contribution in [-0.2, 0) is 0 Å². The summed E-state index contributed by atoms with van der Waals surface area (Å²) in [6.45, 7) is 40.5. The quantitative estimate of drug-likeness (QED) is 0.184. The van der Waals surface area contributed by atoms with Gasteiger partial charge in [-0.3, -0.25) is 9.78 Å². The summed E-state index contributed by atoms with van der Waals surface area (Å²) in [5.74, 6) is 6.05. The zero-order valence-corrected chi connectivity index (χ0v) is 33.9. The SMILES string of the molecule is C.CC(C)C.CC(C)C.CC(C)C.CC(C)C1=CNNN1.CC(C)c1ncc[nH]1.CC(C)c1ncn[nH]1.CC(C)n1cncn1.CCC. The van der Waals surface area contributed by atoms with Gasteiger partial charge in [-0.15, -0.1) is 0 Å². The van der Waals surface area contributed by atoms with Crippen molar-refractivity contribution in [3.8, 4) is 0 Å². The van der Waals surface area contributed by atoms with Crippen LogP contribution in [-0.4, -0.2) is 39.9 Å². The molecule has 4 rings (SSSR count). The van der Waals surface area contributed by atoms with E-state index >= 15 is 0 Å². The summed E-state index contributed by atoms with van der Waals surface area (Å²) in [4.78, 5) is 14.8. The Morgan fingerprint density at radius 2 is 1.15 bits per heavy atom. The van der Waals surface area contributed by atoms with Crippen molar-refractivity contribution in [1.82, 2.24) is 56.3 Å². The highest BCUT2D eigenvalue weighted by Gasteiger charge is 2.04. The number of imidazole rings is 1. The molecular formula is C37H81N11. The maximum absolute atomic E-state index is 4.06. The minimum absolute atomic E-state index is 0. The largest absolute Gasteiger partial charge is 0.348 e. The van der Waals surface area contributed by atoms with Crippen molar-refractivity contribution >= 4 is 0 Å². The summed E-state index contributed by atoms with van der Waals surface area (Å²) in [5, 5.41) is 10.4. The number of rotatable bonds is 4. The molecule has 0 aliphatic carbocycles. The predicted molar refractivity (Wildman–Crippen MR) is 210 cm³/mol. The molecule has 0 unspecified atom stereocenters. The number of nitrogens with one attached hydrogen (secondary N) is 5. The molecule has 0 spiro atoms. The van der Waals surface area contributed by atoms with E-state index < -0.39 is 0 Å². The van der Waals surface area contributed by atoms with Crippen molar-refractivity contribution in [2.75, 3.05) is 0 Å². The summed E-state index contributed by atoms with van der Waals surface area (Å²) in [6.07, 6.45) is 11.6. The van der Waals surface area contributed by atoms with E-state index in [0.29, 0.717) is 23.8 Å². The first kappa shape index (κ1) is 54.2. The Hall–Kier alpha value is -3.21. The second-order valence-corrected chi connectivity index (χ2v) is 14.2. The van der Waals surface area contributed by atoms with E-state index in [0.717, 1.165) is 29.4 Å². The van der Waals surface area contributed by atoms with Gasteiger partial charge in [0.05, 0.1) is 0 Å². The normalized spacial score (nSPS) is 10.8. The lowest BCUT2D eigenvalue weighted by atomic mass is 10.2. The van der Waals surface area contributed by atoms with Crippen LogP contribution in [0.1, 0.15) is 175 Å². The molecule has 48 heavy (non-hydrogen) atoms. The Bertz CT molecular complexity index is 859. The van der Waals surface area contributed by atoms with Gasteiger partial charge in [-0.2, -0.15) is 15.7 Å². The van der Waals surface area contributed by atoms with Crippen LogP contribution in [0.4, 0.5) is 0 Å². The molecule has 0 atom stereocenters. The fourth-order valence-corrected chi connectivity index (χ4v) is 2.14. The van der Waals surface area contributed by atoms with Crippen molar-refractivity contribution < 1.29 is 0 Å². The van der Waals surface area contributed by atoms with Gasteiger partial charge in [0.2, 0.25) is 0 Å². The molecule has 5 N–H and O–H groups in total. The first-order valence-corrected chi connectivity index (χ1v) is 17.5. The van der Waals surface area contributed by atoms with Crippen molar-refractivity contribution in [1.29, 1.82) is 0 Å². The Labute approximate surface area is 297 Å². The Morgan fingerprint density at radius 3 is 1.31 bits per heavy atom. The minimum atomic E-state index is 0. The molecule has 0 saturated carbocycles. The molecule has 11 nitrogen and oxygen atoms in total. The number of hydrogen-bond donors (Lipinski definition) is 5. The Morgan fingerprint density at radius 1 is 0.667 bits per heavy atom. The van der Waals surface area contributed by atoms with E-state index in [4.69, 9.17) is 0 Å². The Balaban J connectivity index is -0.000000150. The number of aromatic amines is 2. The lowest BCUT2D eigenvalue weighted by Crippen LogP contribution is -2.32. The van der Waals surface area contributed by atoms with Crippen molar-refractivity contribution in [2.24, 2.45) is 23.7 Å². The second-order valence-electron chi connectivity index (χ2n) is 14.2. The average Bonchev–Trinajstić information content (AvgIpc) is 3.79. The van der Waals surface area contributed by atoms with Crippen molar-refractivity contribution in [3.63, 3.8) is 0 Å². The van der Waals surface area contributed by atoms with Gasteiger partial charge in [0.1, 0.15) is 30.6 Å². The maximum Gasteiger partial charge on any atom is 0.137 e. The van der Waals surface area contributed by atoms with E-state index in [1.165, 1.54) is 18.4 Å². The average molecular weight is 680 g/mol. The van der Waals surface area contributed by atoms with Crippen molar-refractivity contribution in [2.45, 2.75) is 163 Å². The first-order chi connectivity index (χ1) is 21.8. The van der Waals surface area contributed by atoms with Gasteiger partial charge in [-0.05, 0) is 37.5 Å². The molecular weight excluding hydrogens is 598 g/mol. The predicted octanol–water partition coefficient (Wildman–Crippen LogP) is 10.5. The molecule has 0 fully saturated rings. The van der Waals surface area contributed by atoms with Gasteiger partial charge < -0.3 is 15.8 Å². The Kier molecular flexibility index (Phi) is 41.4. The summed E-state index contributed by atoms with van der Waals surface area (Å²) < 4.78 is 1.81. The van der Waals surface area contributed by atoms with E-state index in [-0.39, 0.29) is 7.43 Å². The maximum atomic E-state index is 4.06. The molecule has 0 saturated heterocycles. The molecule has 0 amide bonds. The van der Waals surface area contributed by atoms with E-state index in [2.05, 4.69) is 183 Å². The molecule has 11 heteroatoms. The topological polar surface area (TPSA) is 137 Å². The molecule has 284 valence electrons. The highest BCUT2D eigenvalue weighted by Crippen LogP contribution is 2.06. The van der Waals surface area contributed by atoms with Crippen LogP contribution in [0.15, 0.2) is 43.3 Å². The standard InChI is InChI=1S/C6H10N2.2C5H9N3.C5H11N3.3C4H10.C3H8.CH4/c1-5(2)6-7-3-4-8-6;1-5(2)8-4-6-3-7-8;1-4(2)5-6-3-7-8-5;1-4(2)5-3-6-8-7-5;3*1-4(2)3;1-3-2;/h3-5H,1-2H3,(H,7,8);3-5H,1-2H3;3-4H,1-2H3,(H,6,7,8);3-4,6-8H,1-2H3;3*4H,1-3H3;3H2,1-2H3;1H4. The molecule has 3 aromatic rings. The van der Waals surface area contributed by atoms with Crippen LogP contribution in [0.5, 0.6) is 0 Å². The lowest BCUT2D eigenvalue weighted by molar-refractivity contribution is 0.531. The van der Waals surface area contributed by atoms with Crippen LogP contribution >= 0.6 is 0 Å². The third kappa shape index (κ3) is 44.9. The smallest absolute Gasteiger partial charge is 0.137 e. The summed E-state index contributed by atoms with van der Waals surface area (Å²) in [7, 11) is 0. The highest BCUT2D eigenvalue weighted by molar-refractivity contribution is 5.02. The lowest BCUT2D eigenvalue weighted by Gasteiger charge is -2.03. The molecule has 1 aliphatic heterocycles. The zero-order chi connectivity index (χ0) is 37.4. The van der Waals surface area contributed by atoms with Crippen LogP contribution in [0, 0.1) is 23.7 Å². The summed E-state index contributed by atoms with van der Waals surface area (Å²) >= 11 is 0. The zero-order valence-electron chi connectivity index (χ0n) is 33.9. The van der Waals surface area contributed by atoms with Crippen molar-refractivity contribution in [3.05, 3.63) is 54.9 Å². The monoisotopic (exact) mass is 680 g/mol. The van der Waals surface area contributed by atoms with Gasteiger partial charge in [-0.1, -0.05) is 132 Å². The van der Waals surface area contributed by atoms with E-state index in [1.807, 2.05) is 12.4 Å². The molecule has 1 aliphatic rings. The molecule has 0 bridgehead atoms. The first-order valence-electron chi connectivity index (χ1n) is 17.5.